The van der Waals surface area contributed by atoms with Gasteiger partial charge in [-0.1, -0.05) is 30.4 Å². The fraction of sp³-hybridized carbons (Fsp3) is 0.167. The van der Waals surface area contributed by atoms with E-state index in [2.05, 4.69) is 6.58 Å². The highest BCUT2D eigenvalue weighted by atomic mass is 32.2. The van der Waals surface area contributed by atoms with Gasteiger partial charge in [0.05, 0.1) is 9.80 Å². The highest BCUT2D eigenvalue weighted by Crippen LogP contribution is 2.19. The zero-order valence-electron chi connectivity index (χ0n) is 8.90. The molecule has 1 aromatic carbocycles. The van der Waals surface area contributed by atoms with Crippen molar-refractivity contribution in [3.8, 4) is 0 Å². The summed E-state index contributed by atoms with van der Waals surface area (Å²) in [7, 11) is -3.40. The average Bonchev–Trinajstić information content (AvgIpc) is 2.18. The molecule has 15 heavy (non-hydrogen) atoms. The van der Waals surface area contributed by atoms with E-state index >= 15 is 0 Å². The van der Waals surface area contributed by atoms with Gasteiger partial charge in [0.15, 0.2) is 0 Å². The van der Waals surface area contributed by atoms with Crippen molar-refractivity contribution in [2.75, 3.05) is 0 Å². The highest BCUT2D eigenvalue weighted by molar-refractivity contribution is 7.95. The summed E-state index contributed by atoms with van der Waals surface area (Å²) in [5.74, 6) is 0. The van der Waals surface area contributed by atoms with Crippen molar-refractivity contribution in [2.24, 2.45) is 0 Å². The van der Waals surface area contributed by atoms with Crippen LogP contribution in [-0.4, -0.2) is 8.42 Å². The monoisotopic (exact) mass is 222 g/mol. The van der Waals surface area contributed by atoms with Gasteiger partial charge in [-0.05, 0) is 32.1 Å². The van der Waals surface area contributed by atoms with Gasteiger partial charge in [0.1, 0.15) is 0 Å². The summed E-state index contributed by atoms with van der Waals surface area (Å²) in [5, 5.41) is 0. The van der Waals surface area contributed by atoms with E-state index in [1.165, 1.54) is 6.08 Å². The van der Waals surface area contributed by atoms with Gasteiger partial charge >= 0.3 is 0 Å². The molecule has 0 aliphatic carbocycles. The maximum absolute atomic E-state index is 11.9. The van der Waals surface area contributed by atoms with Crippen LogP contribution >= 0.6 is 0 Å². The minimum absolute atomic E-state index is 0.119. The summed E-state index contributed by atoms with van der Waals surface area (Å²) >= 11 is 0. The van der Waals surface area contributed by atoms with Crippen LogP contribution in [-0.2, 0) is 9.84 Å². The molecule has 0 aliphatic heterocycles. The van der Waals surface area contributed by atoms with Crippen LogP contribution in [0, 0.1) is 6.92 Å². The van der Waals surface area contributed by atoms with Gasteiger partial charge in [0.2, 0.25) is 9.84 Å². The van der Waals surface area contributed by atoms with E-state index in [1.807, 2.05) is 6.92 Å². The van der Waals surface area contributed by atoms with Crippen molar-refractivity contribution in [1.82, 2.24) is 0 Å². The number of benzene rings is 1. The summed E-state index contributed by atoms with van der Waals surface area (Å²) in [4.78, 5) is 0.407. The van der Waals surface area contributed by atoms with Gasteiger partial charge in [-0.25, -0.2) is 8.42 Å². The predicted molar refractivity (Wildman–Crippen MR) is 62.3 cm³/mol. The molecule has 0 amide bonds. The molecule has 2 nitrogen and oxygen atoms in total. The lowest BCUT2D eigenvalue weighted by molar-refractivity contribution is 0.603. The Morgan fingerprint density at radius 3 is 2.27 bits per heavy atom. The van der Waals surface area contributed by atoms with Crippen LogP contribution < -0.4 is 0 Å². The summed E-state index contributed by atoms with van der Waals surface area (Å²) in [6.45, 7) is 7.21. The molecule has 0 N–H and O–H groups in total. The molecule has 0 unspecified atom stereocenters. The maximum atomic E-state index is 11.9. The molecule has 3 heteroatoms. The second kappa shape index (κ2) is 4.45. The lowest BCUT2D eigenvalue weighted by Crippen LogP contribution is -2.01. The standard InChI is InChI=1S/C12H14O2S/c1-4-5-11(3)15(13,14)12-8-6-10(2)7-9-12/h4-9H,3H2,1-2H3. The zero-order chi connectivity index (χ0) is 11.5. The smallest absolute Gasteiger partial charge is 0.205 e. The molecule has 0 fully saturated rings. The lowest BCUT2D eigenvalue weighted by atomic mass is 10.2. The second-order valence-electron chi connectivity index (χ2n) is 3.28. The van der Waals surface area contributed by atoms with E-state index < -0.39 is 9.84 Å². The third-order valence-electron chi connectivity index (χ3n) is 2.03. The fourth-order valence-corrected chi connectivity index (χ4v) is 2.26. The Labute approximate surface area is 90.9 Å². The van der Waals surface area contributed by atoms with Crippen molar-refractivity contribution < 1.29 is 8.42 Å². The van der Waals surface area contributed by atoms with Gasteiger partial charge < -0.3 is 0 Å². The molecule has 0 radical (unpaired) electrons. The summed E-state index contributed by atoms with van der Waals surface area (Å²) in [6.07, 6.45) is 3.16. The minimum atomic E-state index is -3.40. The molecule has 80 valence electrons. The first-order chi connectivity index (χ1) is 6.98. The minimum Gasteiger partial charge on any atom is -0.219 e. The Balaban J connectivity index is 3.18. The van der Waals surface area contributed by atoms with E-state index in [4.69, 9.17) is 0 Å². The highest BCUT2D eigenvalue weighted by Gasteiger charge is 2.15. The van der Waals surface area contributed by atoms with Crippen LogP contribution in [0.4, 0.5) is 0 Å². The molecule has 0 aromatic heterocycles. The Bertz CT molecular complexity index is 479. The van der Waals surface area contributed by atoms with Gasteiger partial charge in [-0.2, -0.15) is 0 Å². The number of hydrogen-bond donors (Lipinski definition) is 0. The van der Waals surface area contributed by atoms with E-state index in [0.717, 1.165) is 5.56 Å². The Morgan fingerprint density at radius 1 is 1.27 bits per heavy atom. The van der Waals surface area contributed by atoms with Gasteiger partial charge in [0, 0.05) is 0 Å². The van der Waals surface area contributed by atoms with Crippen LogP contribution in [0.1, 0.15) is 12.5 Å². The fourth-order valence-electron chi connectivity index (χ4n) is 1.14. The van der Waals surface area contributed by atoms with Crippen molar-refractivity contribution in [2.45, 2.75) is 18.7 Å². The summed E-state index contributed by atoms with van der Waals surface area (Å²) in [6, 6.07) is 6.74. The molecule has 0 atom stereocenters. The van der Waals surface area contributed by atoms with Crippen molar-refractivity contribution >= 4 is 9.84 Å². The Morgan fingerprint density at radius 2 is 1.80 bits per heavy atom. The molecule has 0 bridgehead atoms. The molecule has 0 spiro atoms. The average molecular weight is 222 g/mol. The predicted octanol–water partition coefficient (Wildman–Crippen LogP) is 2.86. The topological polar surface area (TPSA) is 34.1 Å². The Kier molecular flexibility index (Phi) is 3.48. The third kappa shape index (κ3) is 2.57. The van der Waals surface area contributed by atoms with Crippen LogP contribution in [0.3, 0.4) is 0 Å². The number of rotatable bonds is 3. The number of allylic oxidation sites excluding steroid dienone is 2. The lowest BCUT2D eigenvalue weighted by Gasteiger charge is -2.03. The zero-order valence-corrected chi connectivity index (χ0v) is 9.71. The third-order valence-corrected chi connectivity index (χ3v) is 3.75. The normalized spacial score (nSPS) is 11.9. The number of sulfone groups is 1. The number of aryl methyl sites for hydroxylation is 1. The van der Waals surface area contributed by atoms with Crippen LogP contribution in [0.15, 0.2) is 52.8 Å². The molecular formula is C12H14O2S. The van der Waals surface area contributed by atoms with Crippen molar-refractivity contribution in [3.63, 3.8) is 0 Å². The van der Waals surface area contributed by atoms with E-state index in [0.29, 0.717) is 0 Å². The van der Waals surface area contributed by atoms with Crippen molar-refractivity contribution in [1.29, 1.82) is 0 Å². The Hall–Kier alpha value is -1.35. The largest absolute Gasteiger partial charge is 0.219 e. The summed E-state index contributed by atoms with van der Waals surface area (Å²) in [5.41, 5.74) is 1.03. The van der Waals surface area contributed by atoms with Crippen LogP contribution in [0.2, 0.25) is 0 Å². The molecule has 1 rings (SSSR count). The number of hydrogen-bond acceptors (Lipinski definition) is 2. The van der Waals surface area contributed by atoms with Gasteiger partial charge in [-0.3, -0.25) is 0 Å². The molecule has 0 heterocycles. The quantitative estimate of drug-likeness (QED) is 0.737. The molecular weight excluding hydrogens is 208 g/mol. The van der Waals surface area contributed by atoms with E-state index in [9.17, 15) is 8.42 Å². The first-order valence-electron chi connectivity index (χ1n) is 4.62. The first kappa shape index (κ1) is 11.7. The van der Waals surface area contributed by atoms with Crippen LogP contribution in [0.5, 0.6) is 0 Å². The molecule has 0 saturated carbocycles. The van der Waals surface area contributed by atoms with Gasteiger partial charge in [0.25, 0.3) is 0 Å². The summed E-state index contributed by atoms with van der Waals surface area (Å²) < 4.78 is 23.8. The first-order valence-corrected chi connectivity index (χ1v) is 6.10. The molecule has 0 saturated heterocycles. The van der Waals surface area contributed by atoms with Crippen LogP contribution in [0.25, 0.3) is 0 Å². The molecule has 1 aromatic rings. The molecule has 0 aliphatic rings. The van der Waals surface area contributed by atoms with Crippen molar-refractivity contribution in [3.05, 3.63) is 53.5 Å². The van der Waals surface area contributed by atoms with E-state index in [-0.39, 0.29) is 9.80 Å². The maximum Gasteiger partial charge on any atom is 0.205 e. The van der Waals surface area contributed by atoms with Gasteiger partial charge in [-0.15, -0.1) is 0 Å². The SMILES string of the molecule is C=C(C=CC)S(=O)(=O)c1ccc(C)cc1. The van der Waals surface area contributed by atoms with E-state index in [1.54, 1.807) is 37.3 Å². The second-order valence-corrected chi connectivity index (χ2v) is 5.29.